The molecule has 4 saturated carbocycles. The van der Waals surface area contributed by atoms with Gasteiger partial charge in [0, 0.05) is 43.3 Å². The maximum atomic E-state index is 13.2. The Balaban J connectivity index is 0.000000195. The summed E-state index contributed by atoms with van der Waals surface area (Å²) in [6.45, 7) is 8.55. The number of ether oxygens (including phenoxy) is 2. The van der Waals surface area contributed by atoms with E-state index in [0.29, 0.717) is 69.3 Å². The van der Waals surface area contributed by atoms with Gasteiger partial charge in [0.05, 0.1) is 36.2 Å². The number of amides is 2. The van der Waals surface area contributed by atoms with Crippen LogP contribution in [-0.4, -0.2) is 95.9 Å². The van der Waals surface area contributed by atoms with Crippen molar-refractivity contribution in [2.45, 2.75) is 75.1 Å². The summed E-state index contributed by atoms with van der Waals surface area (Å²) >= 11 is 0. The second kappa shape index (κ2) is 14.6. The normalized spacial score (nSPS) is 27.6. The van der Waals surface area contributed by atoms with Crippen LogP contribution in [-0.2, 0) is 29.5 Å². The first-order valence-corrected chi connectivity index (χ1v) is 20.6. The van der Waals surface area contributed by atoms with Crippen LogP contribution < -0.4 is 11.1 Å². The van der Waals surface area contributed by atoms with Crippen molar-refractivity contribution in [3.63, 3.8) is 0 Å². The zero-order valence-corrected chi connectivity index (χ0v) is 30.9. The molecule has 2 aromatic rings. The number of nitrogens with zero attached hydrogens (tertiary/aromatic N) is 2. The minimum absolute atomic E-state index is 0.106. The smallest absolute Gasteiger partial charge is 0.251 e. The quantitative estimate of drug-likeness (QED) is 0.417. The van der Waals surface area contributed by atoms with Gasteiger partial charge in [0.15, 0.2) is 0 Å². The van der Waals surface area contributed by atoms with E-state index >= 15 is 0 Å². The first-order valence-electron chi connectivity index (χ1n) is 17.7. The molecule has 2 amide bonds. The maximum absolute atomic E-state index is 13.2. The SMILES string of the molecule is Cc1ccc(C(=O)NC(C)C23CC4CC(CC(C4)C2)C3)cc1S(=O)(=O)N1CCOCC1.Cc1ccc(C(N)=O)cc1S(=O)(=O)N1CCOCC1. The Labute approximate surface area is 296 Å². The fourth-order valence-corrected chi connectivity index (χ4v) is 12.4. The lowest BCUT2D eigenvalue weighted by Gasteiger charge is -2.59. The molecule has 4 aliphatic carbocycles. The number of hydrogen-bond acceptors (Lipinski definition) is 8. The molecule has 14 heteroatoms. The lowest BCUT2D eigenvalue weighted by molar-refractivity contribution is -0.0688. The first-order chi connectivity index (χ1) is 23.7. The largest absolute Gasteiger partial charge is 0.379 e. The molecule has 12 nitrogen and oxygen atoms in total. The van der Waals surface area contributed by atoms with Gasteiger partial charge in [-0.1, -0.05) is 12.1 Å². The van der Waals surface area contributed by atoms with Gasteiger partial charge in [-0.15, -0.1) is 0 Å². The van der Waals surface area contributed by atoms with Gasteiger partial charge in [0.2, 0.25) is 26.0 Å². The molecule has 1 unspecified atom stereocenters. The van der Waals surface area contributed by atoms with E-state index in [-0.39, 0.29) is 32.7 Å². The molecule has 50 heavy (non-hydrogen) atoms. The van der Waals surface area contributed by atoms with Crippen LogP contribution in [0, 0.1) is 37.0 Å². The fraction of sp³-hybridized carbons (Fsp3) is 0.611. The zero-order valence-electron chi connectivity index (χ0n) is 29.2. The van der Waals surface area contributed by atoms with E-state index in [2.05, 4.69) is 12.2 Å². The highest BCUT2D eigenvalue weighted by molar-refractivity contribution is 7.89. The van der Waals surface area contributed by atoms with Gasteiger partial charge in [-0.2, -0.15) is 8.61 Å². The number of rotatable bonds is 8. The molecular formula is C36H50N4O8S2. The summed E-state index contributed by atoms with van der Waals surface area (Å²) in [5, 5.41) is 3.26. The number of carbonyl (C=O) groups is 2. The van der Waals surface area contributed by atoms with Gasteiger partial charge in [0.25, 0.3) is 5.91 Å². The van der Waals surface area contributed by atoms with E-state index in [1.165, 1.54) is 59.3 Å². The molecule has 2 heterocycles. The fourth-order valence-electron chi connectivity index (χ4n) is 9.04. The van der Waals surface area contributed by atoms with Crippen LogP contribution in [0.5, 0.6) is 0 Å². The maximum Gasteiger partial charge on any atom is 0.251 e. The Morgan fingerprint density at radius 1 is 0.740 bits per heavy atom. The molecule has 2 aromatic carbocycles. The number of carbonyl (C=O) groups excluding carboxylic acids is 2. The van der Waals surface area contributed by atoms with Gasteiger partial charge in [0.1, 0.15) is 0 Å². The highest BCUT2D eigenvalue weighted by Gasteiger charge is 2.53. The van der Waals surface area contributed by atoms with Crippen molar-refractivity contribution in [3.8, 4) is 0 Å². The van der Waals surface area contributed by atoms with E-state index in [9.17, 15) is 26.4 Å². The van der Waals surface area contributed by atoms with Crippen molar-refractivity contribution in [1.29, 1.82) is 0 Å². The third-order valence-corrected chi connectivity index (χ3v) is 15.5. The Hall–Kier alpha value is -2.88. The Morgan fingerprint density at radius 2 is 1.14 bits per heavy atom. The average Bonchev–Trinajstić information content (AvgIpc) is 3.09. The van der Waals surface area contributed by atoms with Crippen molar-refractivity contribution in [2.24, 2.45) is 28.9 Å². The summed E-state index contributed by atoms with van der Waals surface area (Å²) in [6, 6.07) is 9.61. The van der Waals surface area contributed by atoms with E-state index in [0.717, 1.165) is 17.8 Å². The van der Waals surface area contributed by atoms with Crippen molar-refractivity contribution >= 4 is 31.9 Å². The molecule has 2 aliphatic heterocycles. The van der Waals surface area contributed by atoms with Gasteiger partial charge in [-0.05, 0) is 118 Å². The van der Waals surface area contributed by atoms with Crippen LogP contribution in [0.1, 0.15) is 77.3 Å². The zero-order chi connectivity index (χ0) is 35.8. The Kier molecular flexibility index (Phi) is 10.8. The molecule has 0 spiro atoms. The van der Waals surface area contributed by atoms with Crippen LogP contribution in [0.25, 0.3) is 0 Å². The third-order valence-electron chi connectivity index (χ3n) is 11.5. The summed E-state index contributed by atoms with van der Waals surface area (Å²) in [5.41, 5.74) is 7.28. The molecule has 8 rings (SSSR count). The van der Waals surface area contributed by atoms with Crippen LogP contribution in [0.3, 0.4) is 0 Å². The lowest BCUT2D eigenvalue weighted by atomic mass is 9.48. The van der Waals surface area contributed by atoms with E-state index in [4.69, 9.17) is 15.2 Å². The summed E-state index contributed by atoms with van der Waals surface area (Å²) in [4.78, 5) is 24.7. The number of morpholine rings is 2. The Morgan fingerprint density at radius 3 is 1.56 bits per heavy atom. The standard InChI is InChI=1S/C24H34N2O4S.C12H16N2O4S/c1-16-3-4-21(12-22(16)31(28,29)26-5-7-30-8-6-26)23(27)25-17(2)24-13-18-9-19(14-24)11-20(10-18)15-24;1-9-2-3-10(12(13)15)8-11(9)19(16,17)14-4-6-18-7-5-14/h3-4,12,17-20H,5-11,13-15H2,1-2H3,(H,25,27);2-3,8H,4-7H2,1H3,(H2,13,15). The number of nitrogens with one attached hydrogen (secondary N) is 1. The van der Waals surface area contributed by atoms with Crippen LogP contribution in [0.4, 0.5) is 0 Å². The van der Waals surface area contributed by atoms with Crippen LogP contribution in [0.15, 0.2) is 46.2 Å². The van der Waals surface area contributed by atoms with Crippen molar-refractivity contribution < 1.29 is 35.9 Å². The summed E-state index contributed by atoms with van der Waals surface area (Å²) in [7, 11) is -7.24. The molecule has 0 aromatic heterocycles. The van der Waals surface area contributed by atoms with E-state index < -0.39 is 26.0 Å². The van der Waals surface area contributed by atoms with Crippen molar-refractivity contribution in [3.05, 3.63) is 58.7 Å². The number of nitrogens with two attached hydrogens (primary N) is 1. The van der Waals surface area contributed by atoms with Crippen molar-refractivity contribution in [1.82, 2.24) is 13.9 Å². The molecule has 3 N–H and O–H groups in total. The van der Waals surface area contributed by atoms with Gasteiger partial charge < -0.3 is 20.5 Å². The molecule has 1 atom stereocenters. The Bertz CT molecular complexity index is 1780. The van der Waals surface area contributed by atoms with E-state index in [1.807, 2.05) is 0 Å². The average molecular weight is 731 g/mol. The monoisotopic (exact) mass is 730 g/mol. The van der Waals surface area contributed by atoms with Gasteiger partial charge >= 0.3 is 0 Å². The molecule has 4 bridgehead atoms. The topological polar surface area (TPSA) is 165 Å². The highest BCUT2D eigenvalue weighted by atomic mass is 32.2. The number of aryl methyl sites for hydroxylation is 2. The molecule has 6 aliphatic rings. The molecule has 274 valence electrons. The first kappa shape index (κ1) is 36.9. The third kappa shape index (κ3) is 7.51. The lowest BCUT2D eigenvalue weighted by Crippen LogP contribution is -2.55. The predicted octanol–water partition coefficient (Wildman–Crippen LogP) is 3.47. The number of hydrogen-bond donors (Lipinski definition) is 2. The van der Waals surface area contributed by atoms with Crippen molar-refractivity contribution in [2.75, 3.05) is 52.6 Å². The van der Waals surface area contributed by atoms with Crippen LogP contribution >= 0.6 is 0 Å². The van der Waals surface area contributed by atoms with E-state index in [1.54, 1.807) is 38.1 Å². The van der Waals surface area contributed by atoms with Crippen LogP contribution in [0.2, 0.25) is 0 Å². The molecule has 6 fully saturated rings. The number of benzene rings is 2. The molecule has 2 saturated heterocycles. The number of sulfonamides is 2. The second-order valence-corrected chi connectivity index (χ2v) is 18.6. The van der Waals surface area contributed by atoms with Gasteiger partial charge in [-0.3, -0.25) is 9.59 Å². The highest BCUT2D eigenvalue weighted by Crippen LogP contribution is 2.61. The minimum Gasteiger partial charge on any atom is -0.379 e. The predicted molar refractivity (Wildman–Crippen MR) is 188 cm³/mol. The summed E-state index contributed by atoms with van der Waals surface area (Å²) < 4.78 is 64.6. The summed E-state index contributed by atoms with van der Waals surface area (Å²) in [5.74, 6) is 1.68. The summed E-state index contributed by atoms with van der Waals surface area (Å²) in [6.07, 6.45) is 7.81. The van der Waals surface area contributed by atoms with Gasteiger partial charge in [-0.25, -0.2) is 16.8 Å². The number of primary amides is 1. The molecule has 0 radical (unpaired) electrons. The molecular weight excluding hydrogens is 681 g/mol. The second-order valence-electron chi connectivity index (χ2n) is 14.8. The minimum atomic E-state index is -3.64.